The predicted octanol–water partition coefficient (Wildman–Crippen LogP) is 4.13. The molecule has 0 aliphatic heterocycles. The molecular weight excluding hydrogens is 320 g/mol. The molecule has 0 saturated carbocycles. The molecule has 0 saturated heterocycles. The fraction of sp³-hybridized carbons (Fsp3) is 0.267. The molecule has 3 rings (SSSR count). The van der Waals surface area contributed by atoms with Gasteiger partial charge in [-0.15, -0.1) is 11.3 Å². The molecule has 0 aliphatic rings. The number of amides is 1. The molecule has 0 atom stereocenters. The Morgan fingerprint density at radius 3 is 2.86 bits per heavy atom. The van der Waals surface area contributed by atoms with E-state index in [4.69, 9.17) is 11.6 Å². The third kappa shape index (κ3) is 2.71. The lowest BCUT2D eigenvalue weighted by Gasteiger charge is -2.03. The normalized spacial score (nSPS) is 11.3. The Balaban J connectivity index is 1.93. The predicted molar refractivity (Wildman–Crippen MR) is 89.1 cm³/mol. The van der Waals surface area contributed by atoms with Crippen LogP contribution in [0.2, 0.25) is 5.02 Å². The van der Waals surface area contributed by atoms with E-state index in [0.29, 0.717) is 33.1 Å². The van der Waals surface area contributed by atoms with Gasteiger partial charge in [0.15, 0.2) is 5.13 Å². The van der Waals surface area contributed by atoms with Crippen molar-refractivity contribution < 1.29 is 4.79 Å². The zero-order valence-electron chi connectivity index (χ0n) is 12.4. The minimum atomic E-state index is -0.225. The second-order valence-corrected chi connectivity index (χ2v) is 6.60. The number of rotatable bonds is 3. The number of imidazole rings is 1. The summed E-state index contributed by atoms with van der Waals surface area (Å²) in [6.45, 7) is 5.94. The molecule has 5 nitrogen and oxygen atoms in total. The van der Waals surface area contributed by atoms with Crippen LogP contribution < -0.4 is 5.32 Å². The van der Waals surface area contributed by atoms with Gasteiger partial charge in [0.1, 0.15) is 11.3 Å². The molecule has 0 unspecified atom stereocenters. The molecule has 0 aromatic carbocycles. The highest BCUT2D eigenvalue weighted by atomic mass is 35.5. The summed E-state index contributed by atoms with van der Waals surface area (Å²) >= 11 is 7.38. The largest absolute Gasteiger partial charge is 0.296 e. The van der Waals surface area contributed by atoms with E-state index in [9.17, 15) is 4.79 Å². The van der Waals surface area contributed by atoms with Gasteiger partial charge in [0.05, 0.1) is 11.4 Å². The number of hydrogen-bond acceptors (Lipinski definition) is 4. The minimum Gasteiger partial charge on any atom is -0.296 e. The van der Waals surface area contributed by atoms with E-state index in [1.165, 1.54) is 11.3 Å². The number of nitrogens with one attached hydrogen (secondary N) is 1. The van der Waals surface area contributed by atoms with Gasteiger partial charge in [0.2, 0.25) is 0 Å². The average Bonchev–Trinajstić information content (AvgIpc) is 3.01. The van der Waals surface area contributed by atoms with E-state index in [-0.39, 0.29) is 5.91 Å². The lowest BCUT2D eigenvalue weighted by molar-refractivity contribution is 0.102. The summed E-state index contributed by atoms with van der Waals surface area (Å²) < 4.78 is 1.73. The molecule has 1 N–H and O–H groups in total. The maximum absolute atomic E-state index is 12.5. The molecule has 3 aromatic rings. The third-order valence-corrected chi connectivity index (χ3v) is 4.32. The quantitative estimate of drug-likeness (QED) is 0.783. The number of pyridine rings is 1. The van der Waals surface area contributed by atoms with Crippen LogP contribution in [-0.4, -0.2) is 20.3 Å². The van der Waals surface area contributed by atoms with Gasteiger partial charge < -0.3 is 0 Å². The molecule has 7 heteroatoms. The summed E-state index contributed by atoms with van der Waals surface area (Å²) in [6.07, 6.45) is 1.74. The second kappa shape index (κ2) is 5.70. The Bertz CT molecular complexity index is 852. The number of hydrogen-bond donors (Lipinski definition) is 1. The Morgan fingerprint density at radius 2 is 2.18 bits per heavy atom. The summed E-state index contributed by atoms with van der Waals surface area (Å²) in [4.78, 5) is 21.3. The molecule has 0 spiro atoms. The molecule has 22 heavy (non-hydrogen) atoms. The Labute approximate surface area is 137 Å². The van der Waals surface area contributed by atoms with Gasteiger partial charge in [-0.1, -0.05) is 25.4 Å². The van der Waals surface area contributed by atoms with E-state index in [1.807, 2.05) is 5.38 Å². The van der Waals surface area contributed by atoms with E-state index in [1.54, 1.807) is 29.7 Å². The van der Waals surface area contributed by atoms with E-state index in [0.717, 1.165) is 5.69 Å². The van der Waals surface area contributed by atoms with E-state index < -0.39 is 0 Å². The van der Waals surface area contributed by atoms with Crippen LogP contribution in [0.15, 0.2) is 23.7 Å². The van der Waals surface area contributed by atoms with Crippen LogP contribution in [0.4, 0.5) is 5.13 Å². The zero-order chi connectivity index (χ0) is 15.9. The number of nitrogens with zero attached hydrogens (tertiary/aromatic N) is 3. The van der Waals surface area contributed by atoms with Gasteiger partial charge in [0.25, 0.3) is 5.91 Å². The molecule has 1 amide bonds. The topological polar surface area (TPSA) is 59.3 Å². The summed E-state index contributed by atoms with van der Waals surface area (Å²) in [5, 5.41) is 5.98. The van der Waals surface area contributed by atoms with Crippen molar-refractivity contribution in [2.24, 2.45) is 0 Å². The Hall–Kier alpha value is -1.92. The van der Waals surface area contributed by atoms with Crippen molar-refractivity contribution in [1.82, 2.24) is 14.4 Å². The van der Waals surface area contributed by atoms with Gasteiger partial charge in [-0.25, -0.2) is 9.97 Å². The Kier molecular flexibility index (Phi) is 3.88. The number of anilines is 1. The molecule has 3 heterocycles. The standard InChI is InChI=1S/C15H15ClN4OS/c1-8(2)11-7-22-15(18-11)19-14(21)13-9(3)17-12-6-10(16)4-5-20(12)13/h4-8H,1-3H3,(H,18,19,21). The van der Waals surface area contributed by atoms with Gasteiger partial charge in [0, 0.05) is 22.7 Å². The van der Waals surface area contributed by atoms with Crippen LogP contribution >= 0.6 is 22.9 Å². The van der Waals surface area contributed by atoms with Crippen LogP contribution in [0, 0.1) is 6.92 Å². The van der Waals surface area contributed by atoms with Crippen molar-refractivity contribution in [2.75, 3.05) is 5.32 Å². The van der Waals surface area contributed by atoms with E-state index in [2.05, 4.69) is 29.1 Å². The number of carbonyl (C=O) groups is 1. The molecule has 3 aromatic heterocycles. The number of thiazole rings is 1. The first-order valence-corrected chi connectivity index (χ1v) is 8.12. The first kappa shape index (κ1) is 15.0. The Morgan fingerprint density at radius 1 is 1.41 bits per heavy atom. The number of aryl methyl sites for hydroxylation is 1. The van der Waals surface area contributed by atoms with Gasteiger partial charge >= 0.3 is 0 Å². The molecule has 0 bridgehead atoms. The lowest BCUT2D eigenvalue weighted by Crippen LogP contribution is -2.15. The summed E-state index contributed by atoms with van der Waals surface area (Å²) in [6, 6.07) is 3.46. The highest BCUT2D eigenvalue weighted by molar-refractivity contribution is 7.14. The maximum atomic E-state index is 12.5. The first-order chi connectivity index (χ1) is 10.5. The van der Waals surface area contributed by atoms with Crippen LogP contribution in [0.3, 0.4) is 0 Å². The monoisotopic (exact) mass is 334 g/mol. The lowest BCUT2D eigenvalue weighted by atomic mass is 10.2. The number of fused-ring (bicyclic) bond motifs is 1. The highest BCUT2D eigenvalue weighted by Gasteiger charge is 2.18. The van der Waals surface area contributed by atoms with Crippen molar-refractivity contribution in [3.63, 3.8) is 0 Å². The average molecular weight is 335 g/mol. The SMILES string of the molecule is Cc1nc2cc(Cl)ccn2c1C(=O)Nc1nc(C(C)C)cs1. The number of halogens is 1. The second-order valence-electron chi connectivity index (χ2n) is 5.31. The van der Waals surface area contributed by atoms with Crippen molar-refractivity contribution >= 4 is 39.6 Å². The minimum absolute atomic E-state index is 0.225. The van der Waals surface area contributed by atoms with E-state index >= 15 is 0 Å². The van der Waals surface area contributed by atoms with Crippen LogP contribution in [-0.2, 0) is 0 Å². The number of aromatic nitrogens is 3. The van der Waals surface area contributed by atoms with Crippen LogP contribution in [0.1, 0.15) is 41.6 Å². The molecule has 0 fully saturated rings. The molecule has 114 valence electrons. The van der Waals surface area contributed by atoms with Crippen molar-refractivity contribution in [1.29, 1.82) is 0 Å². The van der Waals surface area contributed by atoms with Crippen molar-refractivity contribution in [2.45, 2.75) is 26.7 Å². The summed E-state index contributed by atoms with van der Waals surface area (Å²) in [5.74, 6) is 0.110. The van der Waals surface area contributed by atoms with Crippen molar-refractivity contribution in [3.8, 4) is 0 Å². The molecular formula is C15H15ClN4OS. The third-order valence-electron chi connectivity index (χ3n) is 3.31. The van der Waals surface area contributed by atoms with Crippen molar-refractivity contribution in [3.05, 3.63) is 45.8 Å². The van der Waals surface area contributed by atoms with Gasteiger partial charge in [-0.3, -0.25) is 14.5 Å². The fourth-order valence-corrected chi connectivity index (χ4v) is 3.20. The maximum Gasteiger partial charge on any atom is 0.276 e. The van der Waals surface area contributed by atoms with Gasteiger partial charge in [-0.05, 0) is 18.9 Å². The fourth-order valence-electron chi connectivity index (χ4n) is 2.18. The van der Waals surface area contributed by atoms with Crippen LogP contribution in [0.25, 0.3) is 5.65 Å². The molecule has 0 aliphatic carbocycles. The molecule has 0 radical (unpaired) electrons. The number of carbonyl (C=O) groups excluding carboxylic acids is 1. The zero-order valence-corrected chi connectivity index (χ0v) is 14.0. The van der Waals surface area contributed by atoms with Crippen LogP contribution in [0.5, 0.6) is 0 Å². The summed E-state index contributed by atoms with van der Waals surface area (Å²) in [5.41, 5.74) is 2.77. The smallest absolute Gasteiger partial charge is 0.276 e. The van der Waals surface area contributed by atoms with Gasteiger partial charge in [-0.2, -0.15) is 0 Å². The summed E-state index contributed by atoms with van der Waals surface area (Å²) in [7, 11) is 0. The highest BCUT2D eigenvalue weighted by Crippen LogP contribution is 2.23. The first-order valence-electron chi connectivity index (χ1n) is 6.86.